The van der Waals surface area contributed by atoms with Gasteiger partial charge in [0.1, 0.15) is 0 Å². The highest BCUT2D eigenvalue weighted by molar-refractivity contribution is 5.70. The molecule has 1 unspecified atom stereocenters. The molecule has 1 saturated heterocycles. The molecule has 1 rings (SSSR count). The van der Waals surface area contributed by atoms with Crippen molar-refractivity contribution in [1.29, 1.82) is 0 Å². The SMILES string of the molecule is COCCOCCC1CN(CC(=O)O)CCN(CC(=O)O)CCN(CC(=O)O)CCN1CC(=O)O. The van der Waals surface area contributed by atoms with Gasteiger partial charge in [-0.1, -0.05) is 0 Å². The molecule has 35 heavy (non-hydrogen) atoms. The Morgan fingerprint density at radius 1 is 0.657 bits per heavy atom. The number of ether oxygens (including phenoxy) is 2. The standard InChI is InChI=1S/C21H38N4O10/c1-34-10-11-35-9-2-17-12-24(15-20(30)31)6-5-22(13-18(26)27)3-4-23(14-19(28)29)7-8-25(17)16-21(32)33/h17H,2-16H2,1H3,(H,26,27)(H,28,29)(H,30,31)(H,32,33). The fourth-order valence-electron chi connectivity index (χ4n) is 3.90. The van der Waals surface area contributed by atoms with E-state index in [0.29, 0.717) is 26.2 Å². The Kier molecular flexibility index (Phi) is 15.0. The highest BCUT2D eigenvalue weighted by atomic mass is 16.5. The summed E-state index contributed by atoms with van der Waals surface area (Å²) in [7, 11) is 1.55. The lowest BCUT2D eigenvalue weighted by Crippen LogP contribution is -2.53. The number of aliphatic carboxylic acids is 4. The van der Waals surface area contributed by atoms with Gasteiger partial charge < -0.3 is 29.9 Å². The minimum atomic E-state index is -1.05. The second-order valence-corrected chi connectivity index (χ2v) is 8.38. The van der Waals surface area contributed by atoms with Crippen LogP contribution in [-0.4, -0.2) is 169 Å². The van der Waals surface area contributed by atoms with Crippen LogP contribution in [0.2, 0.25) is 0 Å². The van der Waals surface area contributed by atoms with Crippen LogP contribution in [0.1, 0.15) is 6.42 Å². The second kappa shape index (κ2) is 17.1. The van der Waals surface area contributed by atoms with Crippen molar-refractivity contribution in [2.75, 3.05) is 98.9 Å². The van der Waals surface area contributed by atoms with E-state index >= 15 is 0 Å². The van der Waals surface area contributed by atoms with Gasteiger partial charge >= 0.3 is 23.9 Å². The van der Waals surface area contributed by atoms with Gasteiger partial charge in [0.15, 0.2) is 0 Å². The number of nitrogens with zero attached hydrogens (tertiary/aromatic N) is 4. The molecule has 1 aliphatic heterocycles. The van der Waals surface area contributed by atoms with Crippen molar-refractivity contribution in [3.8, 4) is 0 Å². The lowest BCUT2D eigenvalue weighted by molar-refractivity contribution is -0.142. The third kappa shape index (κ3) is 14.6. The number of hydrogen-bond donors (Lipinski definition) is 4. The van der Waals surface area contributed by atoms with E-state index in [9.17, 15) is 39.6 Å². The molecule has 1 atom stereocenters. The molecule has 1 fully saturated rings. The average Bonchev–Trinajstić information content (AvgIpc) is 2.74. The van der Waals surface area contributed by atoms with Gasteiger partial charge in [0.05, 0.1) is 39.4 Å². The number of carboxylic acids is 4. The van der Waals surface area contributed by atoms with Gasteiger partial charge in [-0.2, -0.15) is 0 Å². The molecule has 1 heterocycles. The van der Waals surface area contributed by atoms with Gasteiger partial charge in [-0.3, -0.25) is 38.8 Å². The maximum Gasteiger partial charge on any atom is 0.317 e. The maximum absolute atomic E-state index is 11.6. The summed E-state index contributed by atoms with van der Waals surface area (Å²) < 4.78 is 10.5. The largest absolute Gasteiger partial charge is 0.480 e. The Morgan fingerprint density at radius 3 is 1.60 bits per heavy atom. The van der Waals surface area contributed by atoms with Crippen LogP contribution in [0.4, 0.5) is 0 Å². The van der Waals surface area contributed by atoms with Gasteiger partial charge in [0.2, 0.25) is 0 Å². The Balaban J connectivity index is 3.15. The van der Waals surface area contributed by atoms with Crippen LogP contribution < -0.4 is 0 Å². The van der Waals surface area contributed by atoms with Gasteiger partial charge in [0, 0.05) is 65.6 Å². The molecule has 0 bridgehead atoms. The molecular weight excluding hydrogens is 468 g/mol. The minimum absolute atomic E-state index is 0.229. The van der Waals surface area contributed by atoms with Crippen LogP contribution in [-0.2, 0) is 28.7 Å². The monoisotopic (exact) mass is 506 g/mol. The van der Waals surface area contributed by atoms with Crippen LogP contribution in [0.3, 0.4) is 0 Å². The Bertz CT molecular complexity index is 680. The first-order valence-corrected chi connectivity index (χ1v) is 11.5. The van der Waals surface area contributed by atoms with E-state index in [2.05, 4.69) is 0 Å². The quantitative estimate of drug-likeness (QED) is 0.189. The van der Waals surface area contributed by atoms with Crippen molar-refractivity contribution in [3.05, 3.63) is 0 Å². The summed E-state index contributed by atoms with van der Waals surface area (Å²) in [6.45, 7) is 1.73. The van der Waals surface area contributed by atoms with Crippen molar-refractivity contribution < 1.29 is 49.1 Å². The zero-order valence-corrected chi connectivity index (χ0v) is 20.2. The number of carbonyl (C=O) groups is 4. The summed E-state index contributed by atoms with van der Waals surface area (Å²) in [5.41, 5.74) is 0. The summed E-state index contributed by atoms with van der Waals surface area (Å²) >= 11 is 0. The predicted molar refractivity (Wildman–Crippen MR) is 123 cm³/mol. The van der Waals surface area contributed by atoms with Gasteiger partial charge in [-0.15, -0.1) is 0 Å². The number of rotatable bonds is 14. The van der Waals surface area contributed by atoms with E-state index in [1.807, 2.05) is 0 Å². The molecule has 0 amide bonds. The molecule has 0 aliphatic carbocycles. The van der Waals surface area contributed by atoms with E-state index in [4.69, 9.17) is 9.47 Å². The lowest BCUT2D eigenvalue weighted by atomic mass is 10.1. The molecule has 0 radical (unpaired) electrons. The molecule has 202 valence electrons. The van der Waals surface area contributed by atoms with Crippen LogP contribution in [0.15, 0.2) is 0 Å². The first-order chi connectivity index (χ1) is 16.6. The topological polar surface area (TPSA) is 181 Å². The first kappa shape index (κ1) is 30.7. The maximum atomic E-state index is 11.6. The third-order valence-corrected chi connectivity index (χ3v) is 5.60. The summed E-state index contributed by atoms with van der Waals surface area (Å²) in [6, 6.07) is -0.382. The molecule has 0 aromatic carbocycles. The molecule has 0 aromatic heterocycles. The van der Waals surface area contributed by atoms with E-state index in [0.717, 1.165) is 0 Å². The van der Waals surface area contributed by atoms with Crippen LogP contribution in [0, 0.1) is 0 Å². The summed E-state index contributed by atoms with van der Waals surface area (Å²) in [5, 5.41) is 37.4. The molecule has 4 N–H and O–H groups in total. The van der Waals surface area contributed by atoms with Crippen molar-refractivity contribution in [2.24, 2.45) is 0 Å². The molecule has 1 aliphatic rings. The van der Waals surface area contributed by atoms with Crippen LogP contribution >= 0.6 is 0 Å². The predicted octanol–water partition coefficient (Wildman–Crippen LogP) is -2.03. The van der Waals surface area contributed by atoms with E-state index < -0.39 is 23.9 Å². The summed E-state index contributed by atoms with van der Waals surface area (Å²) in [6.07, 6.45) is 0.422. The number of carboxylic acid groups (broad SMARTS) is 4. The molecular formula is C21H38N4O10. The van der Waals surface area contributed by atoms with Crippen molar-refractivity contribution in [3.63, 3.8) is 0 Å². The molecule has 14 nitrogen and oxygen atoms in total. The zero-order chi connectivity index (χ0) is 26.2. The molecule has 0 aromatic rings. The highest BCUT2D eigenvalue weighted by Gasteiger charge is 2.27. The van der Waals surface area contributed by atoms with Gasteiger partial charge in [-0.25, -0.2) is 0 Å². The molecule has 0 spiro atoms. The Labute approximate surface area is 204 Å². The van der Waals surface area contributed by atoms with Gasteiger partial charge in [0.25, 0.3) is 0 Å². The third-order valence-electron chi connectivity index (χ3n) is 5.60. The summed E-state index contributed by atoms with van der Waals surface area (Å²) in [5.74, 6) is -4.17. The number of methoxy groups -OCH3 is 1. The lowest BCUT2D eigenvalue weighted by Gasteiger charge is -2.37. The van der Waals surface area contributed by atoms with E-state index in [1.54, 1.807) is 26.7 Å². The van der Waals surface area contributed by atoms with Crippen LogP contribution in [0.25, 0.3) is 0 Å². The summed E-state index contributed by atoms with van der Waals surface area (Å²) in [4.78, 5) is 52.4. The van der Waals surface area contributed by atoms with Crippen molar-refractivity contribution in [1.82, 2.24) is 19.6 Å². The fourth-order valence-corrected chi connectivity index (χ4v) is 3.90. The average molecular weight is 507 g/mol. The highest BCUT2D eigenvalue weighted by Crippen LogP contribution is 2.11. The second-order valence-electron chi connectivity index (χ2n) is 8.38. The Morgan fingerprint density at radius 2 is 1.11 bits per heavy atom. The fraction of sp³-hybridized carbons (Fsp3) is 0.810. The zero-order valence-electron chi connectivity index (χ0n) is 20.2. The van der Waals surface area contributed by atoms with E-state index in [1.165, 1.54) is 0 Å². The smallest absolute Gasteiger partial charge is 0.317 e. The normalized spacial score (nSPS) is 20.1. The van der Waals surface area contributed by atoms with Crippen LogP contribution in [0.5, 0.6) is 0 Å². The molecule has 0 saturated carbocycles. The number of hydrogen-bond acceptors (Lipinski definition) is 10. The first-order valence-electron chi connectivity index (χ1n) is 11.5. The molecule has 14 heteroatoms. The van der Waals surface area contributed by atoms with Gasteiger partial charge in [-0.05, 0) is 6.42 Å². The minimum Gasteiger partial charge on any atom is -0.480 e. The van der Waals surface area contributed by atoms with Crippen molar-refractivity contribution in [2.45, 2.75) is 12.5 Å². The van der Waals surface area contributed by atoms with Crippen molar-refractivity contribution >= 4 is 23.9 Å². The van der Waals surface area contributed by atoms with E-state index in [-0.39, 0.29) is 78.0 Å². The Hall–Kier alpha value is -2.36.